The second-order valence-electron chi connectivity index (χ2n) is 6.32. The summed E-state index contributed by atoms with van der Waals surface area (Å²) in [4.78, 5) is 23.5. The molecule has 0 aliphatic heterocycles. The number of amides is 2. The van der Waals surface area contributed by atoms with Gasteiger partial charge in [0.15, 0.2) is 0 Å². The fraction of sp³-hybridized carbons (Fsp3) is 0.200. The van der Waals surface area contributed by atoms with E-state index < -0.39 is 39.1 Å². The summed E-state index contributed by atoms with van der Waals surface area (Å²) in [5.41, 5.74) is -0.594. The van der Waals surface area contributed by atoms with Gasteiger partial charge < -0.3 is 10.6 Å². The van der Waals surface area contributed by atoms with Crippen molar-refractivity contribution in [2.45, 2.75) is 11.1 Å². The van der Waals surface area contributed by atoms with Gasteiger partial charge in [0.1, 0.15) is 0 Å². The van der Waals surface area contributed by atoms with Gasteiger partial charge in [-0.3, -0.25) is 9.59 Å². The molecule has 0 bridgehead atoms. The van der Waals surface area contributed by atoms with Crippen LogP contribution in [0.5, 0.6) is 0 Å². The molecule has 2 amide bonds. The molecule has 0 atom stereocenters. The summed E-state index contributed by atoms with van der Waals surface area (Å²) in [5, 5.41) is 4.90. The van der Waals surface area contributed by atoms with Gasteiger partial charge in [-0.1, -0.05) is 18.2 Å². The van der Waals surface area contributed by atoms with Crippen molar-refractivity contribution in [2.24, 2.45) is 0 Å². The van der Waals surface area contributed by atoms with E-state index in [-0.39, 0.29) is 23.7 Å². The number of halogens is 3. The minimum Gasteiger partial charge on any atom is -0.355 e. The normalized spacial score (nSPS) is 11.8. The molecule has 11 heteroatoms. The van der Waals surface area contributed by atoms with E-state index in [1.807, 2.05) is 0 Å². The number of nitrogens with one attached hydrogen (secondary N) is 2. The monoisotopic (exact) mass is 455 g/mol. The average molecular weight is 455 g/mol. The van der Waals surface area contributed by atoms with E-state index in [0.717, 1.165) is 18.2 Å². The van der Waals surface area contributed by atoms with Crippen LogP contribution in [0.2, 0.25) is 0 Å². The molecule has 2 rings (SSSR count). The van der Waals surface area contributed by atoms with Crippen molar-refractivity contribution in [1.82, 2.24) is 9.62 Å². The van der Waals surface area contributed by atoms with Gasteiger partial charge >= 0.3 is 6.18 Å². The number of benzene rings is 2. The van der Waals surface area contributed by atoms with Gasteiger partial charge in [0.25, 0.3) is 5.91 Å². The van der Waals surface area contributed by atoms with E-state index in [0.29, 0.717) is 10.4 Å². The van der Waals surface area contributed by atoms with Gasteiger partial charge in [0, 0.05) is 24.8 Å². The molecule has 0 saturated carbocycles. The SMILES string of the molecule is C=CCN(CC(=O)Nc1cccc(C(=O)NC)c1)S(=O)(=O)c1cccc(C(F)(F)F)c1. The Balaban J connectivity index is 2.25. The Kier molecular flexibility index (Phi) is 7.58. The van der Waals surface area contributed by atoms with Crippen LogP contribution in [0.1, 0.15) is 15.9 Å². The first-order valence-corrected chi connectivity index (χ1v) is 10.3. The van der Waals surface area contributed by atoms with E-state index in [4.69, 9.17) is 0 Å². The summed E-state index contributed by atoms with van der Waals surface area (Å²) in [5.74, 6) is -1.12. The number of hydrogen-bond donors (Lipinski definition) is 2. The Morgan fingerprint density at radius 1 is 1.13 bits per heavy atom. The fourth-order valence-electron chi connectivity index (χ4n) is 2.62. The lowest BCUT2D eigenvalue weighted by atomic mass is 10.2. The highest BCUT2D eigenvalue weighted by Gasteiger charge is 2.33. The van der Waals surface area contributed by atoms with Gasteiger partial charge in [0.2, 0.25) is 15.9 Å². The summed E-state index contributed by atoms with van der Waals surface area (Å²) < 4.78 is 65.3. The van der Waals surface area contributed by atoms with E-state index in [1.165, 1.54) is 37.4 Å². The predicted molar refractivity (Wildman–Crippen MR) is 109 cm³/mol. The quantitative estimate of drug-likeness (QED) is 0.599. The third kappa shape index (κ3) is 6.15. The number of nitrogens with zero attached hydrogens (tertiary/aromatic N) is 1. The van der Waals surface area contributed by atoms with E-state index >= 15 is 0 Å². The van der Waals surface area contributed by atoms with Crippen LogP contribution in [0.15, 0.2) is 66.1 Å². The predicted octanol–water partition coefficient (Wildman–Crippen LogP) is 2.88. The Morgan fingerprint density at radius 2 is 1.81 bits per heavy atom. The maximum Gasteiger partial charge on any atom is 0.416 e. The highest BCUT2D eigenvalue weighted by atomic mass is 32.2. The smallest absolute Gasteiger partial charge is 0.355 e. The molecule has 2 N–H and O–H groups in total. The van der Waals surface area contributed by atoms with Crippen molar-refractivity contribution in [1.29, 1.82) is 0 Å². The average Bonchev–Trinajstić information content (AvgIpc) is 2.72. The second-order valence-corrected chi connectivity index (χ2v) is 8.26. The highest BCUT2D eigenvalue weighted by molar-refractivity contribution is 7.89. The molecule has 0 radical (unpaired) electrons. The van der Waals surface area contributed by atoms with Crippen LogP contribution in [-0.4, -0.2) is 44.7 Å². The van der Waals surface area contributed by atoms with Crippen molar-refractivity contribution < 1.29 is 31.2 Å². The maximum absolute atomic E-state index is 13.0. The molecule has 0 aliphatic rings. The van der Waals surface area contributed by atoms with E-state index in [9.17, 15) is 31.2 Å². The van der Waals surface area contributed by atoms with Crippen molar-refractivity contribution in [3.05, 3.63) is 72.3 Å². The Hall–Kier alpha value is -3.18. The molecule has 0 fully saturated rings. The standard InChI is InChI=1S/C20H20F3N3O4S/c1-3-10-26(31(29,30)17-9-5-7-15(12-17)20(21,22)23)13-18(27)25-16-8-4-6-14(11-16)19(28)24-2/h3-9,11-12H,1,10,13H2,2H3,(H,24,28)(H,25,27). The Labute approximate surface area is 177 Å². The first-order valence-electron chi connectivity index (χ1n) is 8.89. The molecule has 166 valence electrons. The van der Waals surface area contributed by atoms with Gasteiger partial charge in [0.05, 0.1) is 17.0 Å². The topological polar surface area (TPSA) is 95.6 Å². The van der Waals surface area contributed by atoms with E-state index in [1.54, 1.807) is 0 Å². The van der Waals surface area contributed by atoms with Crippen molar-refractivity contribution in [2.75, 3.05) is 25.5 Å². The molecular formula is C20H20F3N3O4S. The number of hydrogen-bond acceptors (Lipinski definition) is 4. The number of alkyl halides is 3. The lowest BCUT2D eigenvalue weighted by Crippen LogP contribution is -2.38. The minimum absolute atomic E-state index is 0.251. The molecule has 7 nitrogen and oxygen atoms in total. The van der Waals surface area contributed by atoms with E-state index in [2.05, 4.69) is 17.2 Å². The van der Waals surface area contributed by atoms with Crippen molar-refractivity contribution >= 4 is 27.5 Å². The molecule has 2 aromatic rings. The number of carbonyl (C=O) groups is 2. The zero-order valence-corrected chi connectivity index (χ0v) is 17.3. The number of rotatable bonds is 8. The summed E-state index contributed by atoms with van der Waals surface area (Å²) in [7, 11) is -2.98. The molecule has 0 unspecified atom stereocenters. The molecule has 0 spiro atoms. The third-order valence-corrected chi connectivity index (χ3v) is 5.90. The van der Waals surface area contributed by atoms with Gasteiger partial charge in [-0.05, 0) is 36.4 Å². The van der Waals surface area contributed by atoms with Crippen molar-refractivity contribution in [3.63, 3.8) is 0 Å². The Morgan fingerprint density at radius 3 is 2.42 bits per heavy atom. The third-order valence-electron chi connectivity index (χ3n) is 4.09. The number of sulfonamides is 1. The zero-order valence-electron chi connectivity index (χ0n) is 16.4. The first-order chi connectivity index (χ1) is 14.5. The summed E-state index contributed by atoms with van der Waals surface area (Å²) in [6.07, 6.45) is -3.51. The zero-order chi connectivity index (χ0) is 23.2. The minimum atomic E-state index is -4.72. The highest BCUT2D eigenvalue weighted by Crippen LogP contribution is 2.31. The first kappa shape index (κ1) is 24.1. The summed E-state index contributed by atoms with van der Waals surface area (Å²) in [6.45, 7) is 2.46. The van der Waals surface area contributed by atoms with Crippen LogP contribution in [0.3, 0.4) is 0 Å². The molecular weight excluding hydrogens is 435 g/mol. The van der Waals surface area contributed by atoms with Crippen LogP contribution >= 0.6 is 0 Å². The summed E-state index contributed by atoms with van der Waals surface area (Å²) in [6, 6.07) is 9.22. The number of carbonyl (C=O) groups excluding carboxylic acids is 2. The molecule has 0 aliphatic carbocycles. The van der Waals surface area contributed by atoms with Crippen LogP contribution < -0.4 is 10.6 Å². The second kappa shape index (κ2) is 9.75. The van der Waals surface area contributed by atoms with Gasteiger partial charge in [-0.15, -0.1) is 6.58 Å². The molecule has 0 heterocycles. The molecule has 0 saturated heterocycles. The van der Waals surface area contributed by atoms with Crippen LogP contribution in [0.4, 0.5) is 18.9 Å². The largest absolute Gasteiger partial charge is 0.416 e. The summed E-state index contributed by atoms with van der Waals surface area (Å²) >= 11 is 0. The molecule has 2 aromatic carbocycles. The molecule has 0 aromatic heterocycles. The fourth-order valence-corrected chi connectivity index (χ4v) is 4.03. The van der Waals surface area contributed by atoms with Crippen LogP contribution in [0.25, 0.3) is 0 Å². The maximum atomic E-state index is 13.0. The van der Waals surface area contributed by atoms with Gasteiger partial charge in [-0.25, -0.2) is 8.42 Å². The molecule has 31 heavy (non-hydrogen) atoms. The number of anilines is 1. The lowest BCUT2D eigenvalue weighted by Gasteiger charge is -2.21. The van der Waals surface area contributed by atoms with Crippen LogP contribution in [0, 0.1) is 0 Å². The Bertz CT molecular complexity index is 1090. The van der Waals surface area contributed by atoms with Crippen molar-refractivity contribution in [3.8, 4) is 0 Å². The van der Waals surface area contributed by atoms with Gasteiger partial charge in [-0.2, -0.15) is 17.5 Å². The lowest BCUT2D eigenvalue weighted by molar-refractivity contribution is -0.137. The van der Waals surface area contributed by atoms with Crippen LogP contribution in [-0.2, 0) is 21.0 Å².